The summed E-state index contributed by atoms with van der Waals surface area (Å²) in [6.07, 6.45) is 3.49. The van der Waals surface area contributed by atoms with Gasteiger partial charge in [-0.3, -0.25) is 19.4 Å². The van der Waals surface area contributed by atoms with Gasteiger partial charge >= 0.3 is 12.1 Å². The van der Waals surface area contributed by atoms with Gasteiger partial charge in [-0.2, -0.15) is 5.10 Å². The lowest BCUT2D eigenvalue weighted by atomic mass is 10.0. The number of pyridine rings is 2. The van der Waals surface area contributed by atoms with Gasteiger partial charge in [0.15, 0.2) is 0 Å². The van der Waals surface area contributed by atoms with Crippen LogP contribution in [0.5, 0.6) is 0 Å². The molecule has 1 fully saturated rings. The second-order valence-corrected chi connectivity index (χ2v) is 13.0. The molecule has 2 amide bonds. The first-order valence-corrected chi connectivity index (χ1v) is 16.1. The highest BCUT2D eigenvalue weighted by molar-refractivity contribution is 5.98. The topological polar surface area (TPSA) is 129 Å². The fourth-order valence-electron chi connectivity index (χ4n) is 5.72. The number of amides is 2. The summed E-state index contributed by atoms with van der Waals surface area (Å²) in [6.45, 7) is 7.84. The van der Waals surface area contributed by atoms with E-state index in [0.717, 1.165) is 39.9 Å². The number of anilines is 1. The first kappa shape index (κ1) is 33.3. The van der Waals surface area contributed by atoms with Gasteiger partial charge in [0, 0.05) is 60.7 Å². The number of para-hydroxylation sites is 1. The third-order valence-corrected chi connectivity index (χ3v) is 7.92. The third kappa shape index (κ3) is 8.08. The molecule has 4 heterocycles. The number of esters is 1. The van der Waals surface area contributed by atoms with Crippen molar-refractivity contribution in [2.24, 2.45) is 0 Å². The Balaban J connectivity index is 1.15. The van der Waals surface area contributed by atoms with Gasteiger partial charge in [-0.05, 0) is 75.7 Å². The number of aryl methyl sites for hydroxylation is 1. The molecule has 5 aromatic rings. The lowest BCUT2D eigenvalue weighted by Gasteiger charge is -2.33. The van der Waals surface area contributed by atoms with E-state index >= 15 is 0 Å². The second kappa shape index (κ2) is 13.8. The smallest absolute Gasteiger partial charge is 0.410 e. The Kier molecular flexibility index (Phi) is 9.39. The molecule has 1 N–H and O–H groups in total. The van der Waals surface area contributed by atoms with E-state index in [1.54, 1.807) is 38.1 Å². The van der Waals surface area contributed by atoms with E-state index in [1.807, 2.05) is 55.5 Å². The van der Waals surface area contributed by atoms with Crippen molar-refractivity contribution < 1.29 is 28.2 Å². The molecule has 1 aliphatic heterocycles. The van der Waals surface area contributed by atoms with Gasteiger partial charge in [-0.25, -0.2) is 14.0 Å². The van der Waals surface area contributed by atoms with Gasteiger partial charge < -0.3 is 19.7 Å². The average Bonchev–Trinajstić information content (AvgIpc) is 3.47. The lowest BCUT2D eigenvalue weighted by molar-refractivity contribution is -0.116. The number of benzene rings is 2. The number of carbonyl (C=O) groups excluding carboxylic acids is 3. The molecule has 0 unspecified atom stereocenters. The van der Waals surface area contributed by atoms with E-state index in [-0.39, 0.29) is 17.8 Å². The van der Waals surface area contributed by atoms with Crippen LogP contribution in [0.25, 0.3) is 33.4 Å². The Hall–Kier alpha value is -5.65. The molecule has 2 aromatic carbocycles. The van der Waals surface area contributed by atoms with Crippen molar-refractivity contribution in [2.45, 2.75) is 58.8 Å². The molecule has 0 spiro atoms. The number of nitrogens with zero attached hydrogens (tertiary/aromatic N) is 5. The van der Waals surface area contributed by atoms with Crippen molar-refractivity contribution in [1.29, 1.82) is 0 Å². The van der Waals surface area contributed by atoms with Gasteiger partial charge in [0.25, 0.3) is 0 Å². The Labute approximate surface area is 283 Å². The largest absolute Gasteiger partial charge is 0.459 e. The molecule has 0 saturated carbocycles. The van der Waals surface area contributed by atoms with Crippen LogP contribution in [0.1, 0.15) is 49.7 Å². The Morgan fingerprint density at radius 2 is 1.76 bits per heavy atom. The van der Waals surface area contributed by atoms with Crippen LogP contribution in [-0.2, 0) is 20.8 Å². The first-order valence-electron chi connectivity index (χ1n) is 16.1. The summed E-state index contributed by atoms with van der Waals surface area (Å²) in [5, 5.41) is 8.35. The summed E-state index contributed by atoms with van der Waals surface area (Å²) in [6, 6.07) is 18.9. The van der Waals surface area contributed by atoms with Crippen LogP contribution < -0.4 is 5.32 Å². The summed E-state index contributed by atoms with van der Waals surface area (Å²) >= 11 is 0. The third-order valence-electron chi connectivity index (χ3n) is 7.92. The Morgan fingerprint density at radius 1 is 0.980 bits per heavy atom. The minimum Gasteiger partial charge on any atom is -0.459 e. The number of carbonyl (C=O) groups is 3. The van der Waals surface area contributed by atoms with Gasteiger partial charge in [-0.1, -0.05) is 24.3 Å². The minimum atomic E-state index is -0.720. The fourth-order valence-corrected chi connectivity index (χ4v) is 5.72. The molecule has 0 aliphatic carbocycles. The molecule has 252 valence electrons. The summed E-state index contributed by atoms with van der Waals surface area (Å²) in [7, 11) is 0. The van der Waals surface area contributed by atoms with E-state index in [9.17, 15) is 18.8 Å². The summed E-state index contributed by atoms with van der Waals surface area (Å²) in [5.74, 6) is -1.90. The highest BCUT2D eigenvalue weighted by atomic mass is 19.1. The molecule has 3 aromatic heterocycles. The number of ether oxygens (including phenoxy) is 2. The van der Waals surface area contributed by atoms with Crippen molar-refractivity contribution in [3.05, 3.63) is 96.2 Å². The molecule has 12 heteroatoms. The maximum absolute atomic E-state index is 14.7. The number of fused-ring (bicyclic) bond motifs is 1. The number of halogens is 1. The van der Waals surface area contributed by atoms with Gasteiger partial charge in [0.05, 0.1) is 16.8 Å². The number of rotatable bonds is 7. The van der Waals surface area contributed by atoms with E-state index in [4.69, 9.17) is 14.6 Å². The number of aromatic nitrogens is 4. The van der Waals surface area contributed by atoms with Crippen molar-refractivity contribution in [3.63, 3.8) is 0 Å². The van der Waals surface area contributed by atoms with Crippen molar-refractivity contribution in [1.82, 2.24) is 24.6 Å². The van der Waals surface area contributed by atoms with E-state index in [0.29, 0.717) is 37.3 Å². The lowest BCUT2D eigenvalue weighted by Crippen LogP contribution is -2.43. The van der Waals surface area contributed by atoms with Crippen LogP contribution in [0.2, 0.25) is 0 Å². The minimum absolute atomic E-state index is 0.0383. The first-order chi connectivity index (χ1) is 23.4. The van der Waals surface area contributed by atoms with E-state index < -0.39 is 35.5 Å². The maximum Gasteiger partial charge on any atom is 0.410 e. The predicted octanol–water partition coefficient (Wildman–Crippen LogP) is 6.80. The predicted molar refractivity (Wildman–Crippen MR) is 182 cm³/mol. The van der Waals surface area contributed by atoms with Gasteiger partial charge in [0.1, 0.15) is 29.8 Å². The molecule has 11 nitrogen and oxygen atoms in total. The van der Waals surface area contributed by atoms with Crippen LogP contribution in [0.4, 0.5) is 14.9 Å². The monoisotopic (exact) mass is 664 g/mol. The maximum atomic E-state index is 14.7. The number of nitrogens with one attached hydrogen (secondary N) is 1. The van der Waals surface area contributed by atoms with Crippen molar-refractivity contribution in [3.8, 4) is 22.5 Å². The molecular weight excluding hydrogens is 627 g/mol. The van der Waals surface area contributed by atoms with E-state index in [2.05, 4.69) is 15.3 Å². The van der Waals surface area contributed by atoms with Gasteiger partial charge in [0.2, 0.25) is 5.91 Å². The van der Waals surface area contributed by atoms with Crippen molar-refractivity contribution in [2.75, 3.05) is 18.4 Å². The van der Waals surface area contributed by atoms with Crippen LogP contribution >= 0.6 is 0 Å². The number of piperidine rings is 1. The molecule has 1 saturated heterocycles. The van der Waals surface area contributed by atoms with Crippen LogP contribution in [0.15, 0.2) is 79.1 Å². The normalized spacial score (nSPS) is 13.7. The Bertz CT molecular complexity index is 2020. The molecular formula is C37H37FN6O5. The zero-order chi connectivity index (χ0) is 34.7. The molecule has 6 rings (SSSR count). The number of hydrogen-bond acceptors (Lipinski definition) is 8. The van der Waals surface area contributed by atoms with E-state index in [1.165, 1.54) is 10.7 Å². The average molecular weight is 665 g/mol. The zero-order valence-electron chi connectivity index (χ0n) is 27.8. The molecule has 0 bridgehead atoms. The molecule has 1 aliphatic rings. The molecule has 0 atom stereocenters. The number of likely N-dealkylation sites (tertiary alicyclic amines) is 1. The summed E-state index contributed by atoms with van der Waals surface area (Å²) in [4.78, 5) is 49.3. The van der Waals surface area contributed by atoms with Crippen molar-refractivity contribution >= 4 is 34.6 Å². The van der Waals surface area contributed by atoms with Gasteiger partial charge in [-0.15, -0.1) is 0 Å². The fraction of sp³-hybridized carbons (Fsp3) is 0.297. The SMILES string of the molecule is Cc1cccc(-c2nn(CC(=O)Nc3cc(F)cc(C(=O)OC4CCN(C(=O)OC(C)(C)C)CC4)c3)cc2-c2ccnc3ccccc23)n1. The second-order valence-electron chi connectivity index (χ2n) is 13.0. The van der Waals surface area contributed by atoms with Crippen LogP contribution in [0, 0.1) is 12.7 Å². The standard InChI is InChI=1S/C37H37FN6O5/c1-23-8-7-11-32(40-23)34-30(28-12-15-39-31-10-6-5-9-29(28)31)21-44(42-34)22-33(45)41-26-19-24(18-25(38)20-26)35(46)48-27-13-16-43(17-14-27)36(47)49-37(2,3)4/h5-12,15,18-21,27H,13-14,16-17,22H2,1-4H3,(H,41,45). The molecule has 49 heavy (non-hydrogen) atoms. The summed E-state index contributed by atoms with van der Waals surface area (Å²) in [5.41, 5.74) is 4.01. The quantitative estimate of drug-likeness (QED) is 0.188. The summed E-state index contributed by atoms with van der Waals surface area (Å²) < 4.78 is 27.2. The van der Waals surface area contributed by atoms with Crippen LogP contribution in [-0.4, -0.2) is 67.4 Å². The number of hydrogen-bond donors (Lipinski definition) is 1. The highest BCUT2D eigenvalue weighted by Crippen LogP contribution is 2.34. The zero-order valence-corrected chi connectivity index (χ0v) is 27.8. The highest BCUT2D eigenvalue weighted by Gasteiger charge is 2.29. The van der Waals surface area contributed by atoms with Crippen LogP contribution in [0.3, 0.4) is 0 Å². The Morgan fingerprint density at radius 3 is 2.51 bits per heavy atom. The molecule has 0 radical (unpaired) electrons.